The minimum Gasteiger partial charge on any atom is -0.481 e. The van der Waals surface area contributed by atoms with Gasteiger partial charge in [-0.2, -0.15) is 0 Å². The topological polar surface area (TPSA) is 119 Å². The number of carboxylic acid groups (broad SMARTS) is 1. The zero-order valence-electron chi connectivity index (χ0n) is 13.0. The van der Waals surface area contributed by atoms with E-state index < -0.39 is 24.3 Å². The van der Waals surface area contributed by atoms with Gasteiger partial charge in [0, 0.05) is 6.04 Å². The van der Waals surface area contributed by atoms with Crippen molar-refractivity contribution in [3.63, 3.8) is 0 Å². The highest BCUT2D eigenvalue weighted by Crippen LogP contribution is 2.21. The quantitative estimate of drug-likeness (QED) is 0.574. The third kappa shape index (κ3) is 6.89. The van der Waals surface area contributed by atoms with Crippen LogP contribution in [0.25, 0.3) is 0 Å². The Hall–Kier alpha value is -1.63. The van der Waals surface area contributed by atoms with E-state index in [1.807, 2.05) is 6.92 Å². The van der Waals surface area contributed by atoms with Gasteiger partial charge in [0.15, 0.2) is 0 Å². The maximum atomic E-state index is 11.9. The molecule has 0 saturated heterocycles. The normalized spacial score (nSPS) is 18.3. The maximum absolute atomic E-state index is 11.9. The van der Waals surface area contributed by atoms with Gasteiger partial charge in [-0.05, 0) is 32.1 Å². The summed E-state index contributed by atoms with van der Waals surface area (Å²) in [4.78, 5) is 34.2. The van der Waals surface area contributed by atoms with Crippen molar-refractivity contribution in [1.29, 1.82) is 0 Å². The van der Waals surface area contributed by atoms with E-state index in [0.717, 1.165) is 25.7 Å². The maximum Gasteiger partial charge on any atom is 0.308 e. The Morgan fingerprint density at radius 2 is 1.86 bits per heavy atom. The largest absolute Gasteiger partial charge is 0.481 e. The predicted octanol–water partition coefficient (Wildman–Crippen LogP) is 0.949. The lowest BCUT2D eigenvalue weighted by atomic mass is 9.98. The van der Waals surface area contributed by atoms with E-state index in [1.54, 1.807) is 0 Å². The molecule has 0 aromatic heterocycles. The second kappa shape index (κ2) is 9.40. The summed E-state index contributed by atoms with van der Waals surface area (Å²) in [6.07, 6.45) is 5.33. The van der Waals surface area contributed by atoms with Gasteiger partial charge in [0.25, 0.3) is 0 Å². The first kappa shape index (κ1) is 18.4. The van der Waals surface area contributed by atoms with Gasteiger partial charge in [0.05, 0.1) is 18.9 Å². The van der Waals surface area contributed by atoms with Gasteiger partial charge in [-0.1, -0.05) is 13.3 Å². The molecule has 0 radical (unpaired) electrons. The van der Waals surface area contributed by atoms with Crippen molar-refractivity contribution in [3.05, 3.63) is 0 Å². The van der Waals surface area contributed by atoms with E-state index in [1.165, 1.54) is 6.42 Å². The van der Waals surface area contributed by atoms with Crippen molar-refractivity contribution in [1.82, 2.24) is 5.32 Å². The highest BCUT2D eigenvalue weighted by atomic mass is 16.5. The fourth-order valence-electron chi connectivity index (χ4n) is 2.50. The number of nitrogens with one attached hydrogen (secondary N) is 1. The van der Waals surface area contributed by atoms with Crippen LogP contribution in [0.2, 0.25) is 0 Å². The molecule has 2 atom stereocenters. The minimum atomic E-state index is -1.13. The first-order chi connectivity index (χ1) is 10.4. The van der Waals surface area contributed by atoms with Gasteiger partial charge < -0.3 is 20.9 Å². The first-order valence-electron chi connectivity index (χ1n) is 7.89. The van der Waals surface area contributed by atoms with E-state index in [0.29, 0.717) is 6.42 Å². The number of rotatable bonds is 8. The molecule has 1 aliphatic carbocycles. The standard InChI is InChI=1S/C15H26N2O5/c1-2-10(17-15(21)12(16)9-13(18)19)8-14(20)22-11-6-4-3-5-7-11/h10-12H,2-9,16H2,1H3,(H,17,21)(H,18,19)/t10-,12+/m0/s1. The molecule has 1 rings (SSSR count). The number of carbonyl (C=O) groups is 3. The van der Waals surface area contributed by atoms with E-state index in [9.17, 15) is 14.4 Å². The van der Waals surface area contributed by atoms with Gasteiger partial charge in [-0.25, -0.2) is 0 Å². The van der Waals surface area contributed by atoms with E-state index in [-0.39, 0.29) is 24.5 Å². The van der Waals surface area contributed by atoms with Crippen LogP contribution in [0.15, 0.2) is 0 Å². The first-order valence-corrected chi connectivity index (χ1v) is 7.89. The van der Waals surface area contributed by atoms with Gasteiger partial charge in [0.2, 0.25) is 5.91 Å². The number of hydrogen-bond acceptors (Lipinski definition) is 5. The Morgan fingerprint density at radius 1 is 1.23 bits per heavy atom. The smallest absolute Gasteiger partial charge is 0.308 e. The zero-order valence-corrected chi connectivity index (χ0v) is 13.0. The molecule has 1 fully saturated rings. The van der Waals surface area contributed by atoms with Crippen LogP contribution in [0.3, 0.4) is 0 Å². The molecule has 1 amide bonds. The summed E-state index contributed by atoms with van der Waals surface area (Å²) < 4.78 is 5.41. The van der Waals surface area contributed by atoms with Crippen molar-refractivity contribution < 1.29 is 24.2 Å². The molecule has 1 aliphatic rings. The summed E-state index contributed by atoms with van der Waals surface area (Å²) in [6, 6.07) is -1.50. The molecule has 0 heterocycles. The van der Waals surface area contributed by atoms with Crippen molar-refractivity contribution in [2.24, 2.45) is 5.73 Å². The fraction of sp³-hybridized carbons (Fsp3) is 0.800. The summed E-state index contributed by atoms with van der Waals surface area (Å²) in [6.45, 7) is 1.83. The van der Waals surface area contributed by atoms with Crippen LogP contribution in [0.5, 0.6) is 0 Å². The second-order valence-electron chi connectivity index (χ2n) is 5.77. The molecule has 0 unspecified atom stereocenters. The number of hydrogen-bond donors (Lipinski definition) is 3. The monoisotopic (exact) mass is 314 g/mol. The van der Waals surface area contributed by atoms with Gasteiger partial charge in [-0.3, -0.25) is 14.4 Å². The Labute approximate surface area is 130 Å². The van der Waals surface area contributed by atoms with Gasteiger partial charge in [0.1, 0.15) is 6.10 Å². The third-order valence-corrected chi connectivity index (χ3v) is 3.83. The van der Waals surface area contributed by atoms with Crippen molar-refractivity contribution in [2.75, 3.05) is 0 Å². The summed E-state index contributed by atoms with van der Waals surface area (Å²) in [5.41, 5.74) is 5.49. The minimum absolute atomic E-state index is 0.0104. The SMILES string of the molecule is CC[C@@H](CC(=O)OC1CCCCC1)NC(=O)[C@H](N)CC(=O)O. The summed E-state index contributed by atoms with van der Waals surface area (Å²) in [5, 5.41) is 11.2. The molecule has 126 valence electrons. The predicted molar refractivity (Wildman–Crippen MR) is 80.0 cm³/mol. The molecular formula is C15H26N2O5. The number of esters is 1. The van der Waals surface area contributed by atoms with Crippen LogP contribution in [-0.4, -0.2) is 41.1 Å². The van der Waals surface area contributed by atoms with E-state index >= 15 is 0 Å². The summed E-state index contributed by atoms with van der Waals surface area (Å²) in [7, 11) is 0. The van der Waals surface area contributed by atoms with Crippen molar-refractivity contribution >= 4 is 17.8 Å². The van der Waals surface area contributed by atoms with Crippen LogP contribution in [0.1, 0.15) is 58.3 Å². The van der Waals surface area contributed by atoms with Crippen LogP contribution >= 0.6 is 0 Å². The van der Waals surface area contributed by atoms with Gasteiger partial charge >= 0.3 is 11.9 Å². The molecule has 0 spiro atoms. The lowest BCUT2D eigenvalue weighted by molar-refractivity contribution is -0.151. The molecule has 7 nitrogen and oxygen atoms in total. The van der Waals surface area contributed by atoms with E-state index in [2.05, 4.69) is 5.32 Å². The van der Waals surface area contributed by atoms with Crippen molar-refractivity contribution in [2.45, 2.75) is 76.5 Å². The number of nitrogens with two attached hydrogens (primary N) is 1. The molecule has 4 N–H and O–H groups in total. The number of carboxylic acids is 1. The van der Waals surface area contributed by atoms with Crippen LogP contribution < -0.4 is 11.1 Å². The molecule has 0 aliphatic heterocycles. The average molecular weight is 314 g/mol. The van der Waals surface area contributed by atoms with Crippen molar-refractivity contribution in [3.8, 4) is 0 Å². The molecule has 7 heteroatoms. The molecule has 0 aromatic carbocycles. The van der Waals surface area contributed by atoms with Crippen LogP contribution in [0.4, 0.5) is 0 Å². The number of aliphatic carboxylic acids is 1. The van der Waals surface area contributed by atoms with E-state index in [4.69, 9.17) is 15.6 Å². The summed E-state index contributed by atoms with van der Waals surface area (Å²) in [5.74, 6) is -2.02. The highest BCUT2D eigenvalue weighted by molar-refractivity contribution is 5.86. The zero-order chi connectivity index (χ0) is 16.5. The molecule has 0 bridgehead atoms. The Bertz CT molecular complexity index is 393. The Balaban J connectivity index is 2.38. The molecular weight excluding hydrogens is 288 g/mol. The van der Waals surface area contributed by atoms with Crippen LogP contribution in [0, 0.1) is 0 Å². The molecule has 1 saturated carbocycles. The Kier molecular flexibility index (Phi) is 7.87. The van der Waals surface area contributed by atoms with Crippen LogP contribution in [-0.2, 0) is 19.1 Å². The Morgan fingerprint density at radius 3 is 2.41 bits per heavy atom. The highest BCUT2D eigenvalue weighted by Gasteiger charge is 2.23. The fourth-order valence-corrected chi connectivity index (χ4v) is 2.50. The number of carbonyl (C=O) groups excluding carboxylic acids is 2. The lowest BCUT2D eigenvalue weighted by Crippen LogP contribution is -2.47. The summed E-state index contributed by atoms with van der Waals surface area (Å²) >= 11 is 0. The molecule has 22 heavy (non-hydrogen) atoms. The number of amides is 1. The average Bonchev–Trinajstić information content (AvgIpc) is 2.46. The second-order valence-corrected chi connectivity index (χ2v) is 5.77. The van der Waals surface area contributed by atoms with Gasteiger partial charge in [-0.15, -0.1) is 0 Å². The third-order valence-electron chi connectivity index (χ3n) is 3.83. The number of ether oxygens (including phenoxy) is 1. The lowest BCUT2D eigenvalue weighted by Gasteiger charge is -2.23. The molecule has 0 aromatic rings.